The van der Waals surface area contributed by atoms with Crippen LogP contribution >= 0.6 is 0 Å². The molecule has 2 rings (SSSR count). The van der Waals surface area contributed by atoms with Crippen LogP contribution in [0.5, 0.6) is 23.0 Å². The van der Waals surface area contributed by atoms with Crippen molar-refractivity contribution in [2.24, 2.45) is 11.5 Å². The van der Waals surface area contributed by atoms with E-state index < -0.39 is 47.4 Å². The third kappa shape index (κ3) is 14.9. The summed E-state index contributed by atoms with van der Waals surface area (Å²) < 4.78 is 21.2. The van der Waals surface area contributed by atoms with Gasteiger partial charge in [-0.25, -0.2) is 9.59 Å². The molecule has 0 aliphatic carbocycles. The van der Waals surface area contributed by atoms with Crippen molar-refractivity contribution in [1.29, 1.82) is 0 Å². The number of ether oxygens (including phenoxy) is 4. The van der Waals surface area contributed by atoms with Crippen molar-refractivity contribution in [2.45, 2.75) is 44.2 Å². The molecular weight excluding hydrogens is 659 g/mol. The number of primary amides is 2. The van der Waals surface area contributed by atoms with Crippen molar-refractivity contribution in [3.63, 3.8) is 0 Å². The first-order chi connectivity index (χ1) is 21.3. The second-order valence-electron chi connectivity index (χ2n) is 9.84. The molecule has 0 heterocycles. The zero-order chi connectivity index (χ0) is 33.5. The Hall–Kier alpha value is -4.76. The van der Waals surface area contributed by atoms with E-state index in [1.54, 1.807) is 24.3 Å². The number of methoxy groups -OCH3 is 2. The normalized spacial score (nSPS) is 11.8. The van der Waals surface area contributed by atoms with Gasteiger partial charge in [-0.2, -0.15) is 0 Å². The Bertz CT molecular complexity index is 1390. The maximum Gasteiger partial charge on any atom is 0.370 e. The van der Waals surface area contributed by atoms with Gasteiger partial charge in [0.05, 0.1) is 20.6 Å². The third-order valence-electron chi connectivity index (χ3n) is 6.21. The molecule has 0 saturated carbocycles. The highest BCUT2D eigenvalue weighted by Crippen LogP contribution is 2.30. The van der Waals surface area contributed by atoms with Crippen LogP contribution in [0.4, 0.5) is 0 Å². The number of hydrogen-bond acceptors (Lipinski definition) is 10. The van der Waals surface area contributed by atoms with Crippen LogP contribution in [0.15, 0.2) is 48.6 Å². The van der Waals surface area contributed by atoms with E-state index in [9.17, 15) is 28.8 Å². The van der Waals surface area contributed by atoms with Gasteiger partial charge >= 0.3 is 11.9 Å². The lowest BCUT2D eigenvalue weighted by atomic mass is 10.1. The van der Waals surface area contributed by atoms with Crippen molar-refractivity contribution < 1.29 is 84.0 Å². The van der Waals surface area contributed by atoms with E-state index in [2.05, 4.69) is 11.5 Å². The lowest BCUT2D eigenvalue weighted by Gasteiger charge is -2.11. The fraction of sp³-hybridized carbons (Fsp3) is 0.290. The number of nitrogens with two attached hydrogens (primary N) is 2. The predicted octanol–water partition coefficient (Wildman–Crippen LogP) is -6.47. The summed E-state index contributed by atoms with van der Waals surface area (Å²) in [6.45, 7) is 0. The Labute approximate surface area is 283 Å². The lowest BCUT2D eigenvalue weighted by molar-refractivity contribution is -0.408. The van der Waals surface area contributed by atoms with E-state index in [-0.39, 0.29) is 79.9 Å². The smallest absolute Gasteiger partial charge is 0.370 e. The van der Waals surface area contributed by atoms with Crippen molar-refractivity contribution in [3.05, 3.63) is 59.7 Å². The highest BCUT2D eigenvalue weighted by Gasteiger charge is 2.23. The minimum absolute atomic E-state index is 0. The minimum atomic E-state index is -0.801. The number of rotatable bonds is 18. The molecule has 0 radical (unpaired) electrons. The zero-order valence-electron chi connectivity index (χ0n) is 25.9. The van der Waals surface area contributed by atoms with Crippen molar-refractivity contribution in [1.82, 2.24) is 0 Å². The Morgan fingerprint density at radius 1 is 0.660 bits per heavy atom. The highest BCUT2D eigenvalue weighted by atomic mass is 35.5. The number of halogens is 2. The van der Waals surface area contributed by atoms with Gasteiger partial charge in [0.25, 0.3) is 0 Å². The molecule has 2 amide bonds. The number of carbonyl (C=O) groups excluding carboxylic acids is 6. The molecule has 0 unspecified atom stereocenters. The molecule has 256 valence electrons. The molecular formula is C31H38Cl2N4O10. The summed E-state index contributed by atoms with van der Waals surface area (Å²) in [6, 6.07) is 7.63. The Kier molecular flexibility index (Phi) is 19.0. The molecule has 0 aliphatic heterocycles. The highest BCUT2D eigenvalue weighted by molar-refractivity contribution is 6.10. The summed E-state index contributed by atoms with van der Waals surface area (Å²) in [7, 11) is 2.77. The Morgan fingerprint density at radius 2 is 1.02 bits per heavy atom. The SMILES string of the molecule is COc1cc(/C=C/C(=O)CC(=O)/C=C/c2ccc(OC(=O)[C@@H]([NH3+])CCC(N)=O)c(OC)c2)ccc1OC(=O)[C@@H]([NH3+])CCC(N)=O.[Cl-].[Cl-]. The van der Waals surface area contributed by atoms with Gasteiger partial charge in [0.2, 0.25) is 11.8 Å². The monoisotopic (exact) mass is 696 g/mol. The topological polar surface area (TPSA) is 247 Å². The number of ketones is 2. The van der Waals surface area contributed by atoms with Crippen LogP contribution in [0.2, 0.25) is 0 Å². The molecule has 2 atom stereocenters. The summed E-state index contributed by atoms with van der Waals surface area (Å²) in [5, 5.41) is 0. The van der Waals surface area contributed by atoms with Crippen LogP contribution in [0.3, 0.4) is 0 Å². The second kappa shape index (κ2) is 21.1. The average Bonchev–Trinajstić information content (AvgIpc) is 3.00. The molecule has 0 fully saturated rings. The maximum absolute atomic E-state index is 12.4. The quantitative estimate of drug-likeness (QED) is 0.0497. The van der Waals surface area contributed by atoms with Gasteiger partial charge in [-0.1, -0.05) is 24.3 Å². The summed E-state index contributed by atoms with van der Waals surface area (Å²) in [5.41, 5.74) is 18.7. The fourth-order valence-corrected chi connectivity index (χ4v) is 3.66. The molecule has 14 nitrogen and oxygen atoms in total. The Balaban J connectivity index is 0.0000106. The number of amides is 2. The molecule has 2 aromatic carbocycles. The van der Waals surface area contributed by atoms with Crippen LogP contribution in [-0.4, -0.2) is 61.6 Å². The van der Waals surface area contributed by atoms with E-state index in [4.69, 9.17) is 30.4 Å². The number of carbonyl (C=O) groups is 6. The Morgan fingerprint density at radius 3 is 1.34 bits per heavy atom. The lowest BCUT2D eigenvalue weighted by Crippen LogP contribution is -3.00. The van der Waals surface area contributed by atoms with Gasteiger partial charge in [0.15, 0.2) is 46.6 Å². The first kappa shape index (κ1) is 42.2. The van der Waals surface area contributed by atoms with Crippen LogP contribution in [0.1, 0.15) is 43.2 Å². The third-order valence-corrected chi connectivity index (χ3v) is 6.21. The number of quaternary nitrogens is 2. The second-order valence-corrected chi connectivity index (χ2v) is 9.84. The zero-order valence-corrected chi connectivity index (χ0v) is 27.4. The van der Waals surface area contributed by atoms with E-state index in [0.29, 0.717) is 11.1 Å². The minimum Gasteiger partial charge on any atom is -1.00 e. The molecule has 10 N–H and O–H groups in total. The number of esters is 2. The molecule has 0 saturated heterocycles. The van der Waals surface area contributed by atoms with Crippen molar-refractivity contribution >= 4 is 47.5 Å². The summed E-state index contributed by atoms with van der Waals surface area (Å²) >= 11 is 0. The predicted molar refractivity (Wildman–Crippen MR) is 160 cm³/mol. The molecule has 16 heteroatoms. The molecule has 0 aliphatic rings. The van der Waals surface area contributed by atoms with E-state index >= 15 is 0 Å². The number of hydrogen-bond donors (Lipinski definition) is 4. The summed E-state index contributed by atoms with van der Waals surface area (Å²) in [5.74, 6) is -2.59. The van der Waals surface area contributed by atoms with Crippen LogP contribution in [0.25, 0.3) is 12.2 Å². The van der Waals surface area contributed by atoms with Crippen LogP contribution < -0.4 is 66.7 Å². The van der Waals surface area contributed by atoms with Crippen LogP contribution in [0, 0.1) is 0 Å². The number of benzene rings is 2. The molecule has 0 bridgehead atoms. The van der Waals surface area contributed by atoms with E-state index in [0.717, 1.165) is 0 Å². The van der Waals surface area contributed by atoms with Crippen molar-refractivity contribution in [2.75, 3.05) is 14.2 Å². The number of allylic oxidation sites excluding steroid dienone is 2. The molecule has 0 spiro atoms. The molecule has 2 aromatic rings. The van der Waals surface area contributed by atoms with Gasteiger partial charge in [0.1, 0.15) is 0 Å². The summed E-state index contributed by atoms with van der Waals surface area (Å²) in [6.07, 6.45) is 5.35. The first-order valence-corrected chi connectivity index (χ1v) is 13.8. The standard InChI is InChI=1S/C31H36N4O10.2ClH/c1-42-26-15-18(5-11-24(26)44-30(40)22(32)9-13-28(34)38)3-7-20(36)17-21(37)8-4-19-6-12-25(27(16-19)43-2)45-31(41)23(33)10-14-29(35)39;;/h3-8,11-12,15-16,22-23H,9-10,13-14,17,32-33H2,1-2H3,(H2,34,38)(H2,35,39);2*1H/b7-3+,8-4+;;/t22-,23-;;/m0../s1. The molecule has 0 aromatic heterocycles. The van der Waals surface area contributed by atoms with Gasteiger partial charge < -0.3 is 66.7 Å². The largest absolute Gasteiger partial charge is 1.00 e. The van der Waals surface area contributed by atoms with E-state index in [1.165, 1.54) is 50.7 Å². The first-order valence-electron chi connectivity index (χ1n) is 13.8. The van der Waals surface area contributed by atoms with Gasteiger partial charge in [0, 0.05) is 25.7 Å². The average molecular weight is 698 g/mol. The van der Waals surface area contributed by atoms with Gasteiger partial charge in [-0.05, 0) is 47.5 Å². The molecule has 47 heavy (non-hydrogen) atoms. The van der Waals surface area contributed by atoms with Crippen molar-refractivity contribution in [3.8, 4) is 23.0 Å². The van der Waals surface area contributed by atoms with Crippen LogP contribution in [-0.2, 0) is 28.8 Å². The maximum atomic E-state index is 12.4. The fourth-order valence-electron chi connectivity index (χ4n) is 3.66. The summed E-state index contributed by atoms with van der Waals surface area (Å²) in [4.78, 5) is 71.2. The van der Waals surface area contributed by atoms with Gasteiger partial charge in [-0.3, -0.25) is 19.2 Å². The van der Waals surface area contributed by atoms with E-state index in [1.807, 2.05) is 0 Å². The van der Waals surface area contributed by atoms with Gasteiger partial charge in [-0.15, -0.1) is 0 Å².